The van der Waals surface area contributed by atoms with Gasteiger partial charge in [-0.3, -0.25) is 14.9 Å². The summed E-state index contributed by atoms with van der Waals surface area (Å²) in [6.07, 6.45) is 6.98. The van der Waals surface area contributed by atoms with Crippen molar-refractivity contribution in [3.8, 4) is 11.1 Å². The van der Waals surface area contributed by atoms with Crippen LogP contribution < -0.4 is 4.90 Å². The molecule has 29 heavy (non-hydrogen) atoms. The highest BCUT2D eigenvalue weighted by Gasteiger charge is 2.26. The van der Waals surface area contributed by atoms with Gasteiger partial charge in [0, 0.05) is 44.4 Å². The summed E-state index contributed by atoms with van der Waals surface area (Å²) in [5.74, 6) is 0.500. The van der Waals surface area contributed by atoms with Crippen LogP contribution in [-0.4, -0.2) is 58.2 Å². The van der Waals surface area contributed by atoms with Gasteiger partial charge in [0.2, 0.25) is 0 Å². The van der Waals surface area contributed by atoms with Gasteiger partial charge >= 0.3 is 0 Å². The van der Waals surface area contributed by atoms with Crippen LogP contribution >= 0.6 is 0 Å². The highest BCUT2D eigenvalue weighted by molar-refractivity contribution is 5.91. The molecular weight excluding hydrogens is 371 g/mol. The van der Waals surface area contributed by atoms with E-state index < -0.39 is 0 Å². The van der Waals surface area contributed by atoms with Crippen LogP contribution in [0.15, 0.2) is 42.9 Å². The number of nitrogens with zero attached hydrogens (tertiary/aromatic N) is 5. The van der Waals surface area contributed by atoms with Crippen LogP contribution in [0.5, 0.6) is 0 Å². The number of aromatic amines is 1. The van der Waals surface area contributed by atoms with E-state index in [2.05, 4.69) is 25.1 Å². The zero-order chi connectivity index (χ0) is 20.4. The van der Waals surface area contributed by atoms with Crippen LogP contribution in [0, 0.1) is 5.82 Å². The summed E-state index contributed by atoms with van der Waals surface area (Å²) in [6.45, 7) is 1.59. The van der Waals surface area contributed by atoms with E-state index in [0.717, 1.165) is 42.8 Å². The molecule has 150 valence electrons. The van der Waals surface area contributed by atoms with Crippen molar-refractivity contribution < 1.29 is 9.18 Å². The molecular formula is C21H23FN6O. The largest absolute Gasteiger partial charge is 0.355 e. The van der Waals surface area contributed by atoms with Gasteiger partial charge in [0.15, 0.2) is 0 Å². The Balaban J connectivity index is 1.57. The van der Waals surface area contributed by atoms with Crippen molar-refractivity contribution >= 4 is 11.7 Å². The standard InChI is InChI=1S/C21H23FN6O/c1-27(2)21(29)18-11-23-12-19(25-18)28-9-3-4-15(13-28)20-17(10-24-26-20)14-5-7-16(22)8-6-14/h5-8,10-12,15H,3-4,9,13H2,1-2H3,(H,24,26)/t15-/m1/s1. The number of hydrogen-bond donors (Lipinski definition) is 1. The Morgan fingerprint density at radius 3 is 2.76 bits per heavy atom. The van der Waals surface area contributed by atoms with Crippen molar-refractivity contribution in [1.82, 2.24) is 25.1 Å². The third-order valence-electron chi connectivity index (χ3n) is 5.22. The van der Waals surface area contributed by atoms with Crippen molar-refractivity contribution in [3.63, 3.8) is 0 Å². The molecule has 0 saturated carbocycles. The third-order valence-corrected chi connectivity index (χ3v) is 5.22. The minimum Gasteiger partial charge on any atom is -0.355 e. The van der Waals surface area contributed by atoms with Gasteiger partial charge in [-0.1, -0.05) is 12.1 Å². The number of hydrogen-bond acceptors (Lipinski definition) is 5. The molecule has 1 aliphatic heterocycles. The van der Waals surface area contributed by atoms with Crippen LogP contribution in [0.2, 0.25) is 0 Å². The van der Waals surface area contributed by atoms with Crippen molar-refractivity contribution in [3.05, 3.63) is 60.1 Å². The number of H-pyrrole nitrogens is 1. The molecule has 3 aromatic rings. The van der Waals surface area contributed by atoms with Crippen molar-refractivity contribution in [2.75, 3.05) is 32.1 Å². The number of carbonyl (C=O) groups excluding carboxylic acids is 1. The number of carbonyl (C=O) groups is 1. The lowest BCUT2D eigenvalue weighted by molar-refractivity contribution is 0.0821. The van der Waals surface area contributed by atoms with Gasteiger partial charge < -0.3 is 9.80 Å². The SMILES string of the molecule is CN(C)C(=O)c1cncc(N2CCC[C@@H](c3[nH]ncc3-c3ccc(F)cc3)C2)n1. The fourth-order valence-electron chi connectivity index (χ4n) is 3.73. The summed E-state index contributed by atoms with van der Waals surface area (Å²) in [4.78, 5) is 24.6. The minimum absolute atomic E-state index is 0.167. The Kier molecular flexibility index (Phi) is 5.24. The van der Waals surface area contributed by atoms with Gasteiger partial charge in [0.05, 0.1) is 18.6 Å². The summed E-state index contributed by atoms with van der Waals surface area (Å²) in [7, 11) is 3.39. The number of rotatable bonds is 4. The highest BCUT2D eigenvalue weighted by atomic mass is 19.1. The number of aromatic nitrogens is 4. The number of amides is 1. The Morgan fingerprint density at radius 1 is 1.21 bits per heavy atom. The summed E-state index contributed by atoms with van der Waals surface area (Å²) in [5, 5.41) is 7.37. The Bertz CT molecular complexity index is 1000. The molecule has 0 spiro atoms. The van der Waals surface area contributed by atoms with E-state index in [9.17, 15) is 9.18 Å². The molecule has 1 N–H and O–H groups in total. The van der Waals surface area contributed by atoms with Crippen molar-refractivity contribution in [1.29, 1.82) is 0 Å². The zero-order valence-electron chi connectivity index (χ0n) is 16.5. The molecule has 0 unspecified atom stereocenters. The normalized spacial score (nSPS) is 16.7. The van der Waals surface area contributed by atoms with E-state index in [-0.39, 0.29) is 17.6 Å². The average Bonchev–Trinajstić information content (AvgIpc) is 3.24. The fraction of sp³-hybridized carbons (Fsp3) is 0.333. The summed E-state index contributed by atoms with van der Waals surface area (Å²) < 4.78 is 13.3. The quantitative estimate of drug-likeness (QED) is 0.736. The van der Waals surface area contributed by atoms with E-state index in [0.29, 0.717) is 11.5 Å². The Hall–Kier alpha value is -3.29. The Labute approximate surface area is 168 Å². The van der Waals surface area contributed by atoms with Crippen LogP contribution in [0.1, 0.15) is 34.9 Å². The number of piperidine rings is 1. The van der Waals surface area contributed by atoms with Crippen molar-refractivity contribution in [2.45, 2.75) is 18.8 Å². The van der Waals surface area contributed by atoms with Crippen molar-refractivity contribution in [2.24, 2.45) is 0 Å². The first-order valence-corrected chi connectivity index (χ1v) is 9.61. The summed E-state index contributed by atoms with van der Waals surface area (Å²) in [5.41, 5.74) is 3.29. The van der Waals surface area contributed by atoms with E-state index >= 15 is 0 Å². The Morgan fingerprint density at radius 2 is 2.00 bits per heavy atom. The molecule has 4 rings (SSSR count). The molecule has 7 nitrogen and oxygen atoms in total. The first-order valence-electron chi connectivity index (χ1n) is 9.61. The smallest absolute Gasteiger partial charge is 0.273 e. The fourth-order valence-corrected chi connectivity index (χ4v) is 3.73. The molecule has 1 aliphatic rings. The van der Waals surface area contributed by atoms with E-state index in [1.54, 1.807) is 38.6 Å². The molecule has 1 saturated heterocycles. The molecule has 0 bridgehead atoms. The number of halogens is 1. The topological polar surface area (TPSA) is 78.0 Å². The molecule has 1 atom stereocenters. The molecule has 1 aromatic carbocycles. The molecule has 3 heterocycles. The van der Waals surface area contributed by atoms with E-state index in [1.165, 1.54) is 23.2 Å². The monoisotopic (exact) mass is 394 g/mol. The lowest BCUT2D eigenvalue weighted by Gasteiger charge is -2.33. The molecule has 1 fully saturated rings. The molecule has 2 aromatic heterocycles. The van der Waals surface area contributed by atoms with Gasteiger partial charge in [-0.05, 0) is 30.5 Å². The van der Waals surface area contributed by atoms with Crippen LogP contribution in [-0.2, 0) is 0 Å². The maximum absolute atomic E-state index is 13.3. The number of anilines is 1. The lowest BCUT2D eigenvalue weighted by Crippen LogP contribution is -2.36. The van der Waals surface area contributed by atoms with E-state index in [1.807, 2.05) is 0 Å². The second-order valence-electron chi connectivity index (χ2n) is 7.45. The average molecular weight is 394 g/mol. The predicted molar refractivity (Wildman–Crippen MR) is 108 cm³/mol. The van der Waals surface area contributed by atoms with E-state index in [4.69, 9.17) is 0 Å². The second-order valence-corrected chi connectivity index (χ2v) is 7.45. The van der Waals surface area contributed by atoms with Gasteiger partial charge in [-0.25, -0.2) is 9.37 Å². The number of nitrogens with one attached hydrogen (secondary N) is 1. The maximum Gasteiger partial charge on any atom is 0.273 e. The van der Waals surface area contributed by atoms with Gasteiger partial charge in [0.25, 0.3) is 5.91 Å². The van der Waals surface area contributed by atoms with Crippen LogP contribution in [0.4, 0.5) is 10.2 Å². The maximum atomic E-state index is 13.3. The first-order chi connectivity index (χ1) is 14.0. The van der Waals surface area contributed by atoms with Gasteiger partial charge in [0.1, 0.15) is 17.3 Å². The molecule has 0 radical (unpaired) electrons. The third kappa shape index (κ3) is 3.96. The second kappa shape index (κ2) is 7.98. The van der Waals surface area contributed by atoms with Crippen LogP contribution in [0.3, 0.4) is 0 Å². The minimum atomic E-state index is -0.256. The van der Waals surface area contributed by atoms with Crippen LogP contribution in [0.25, 0.3) is 11.1 Å². The van der Waals surface area contributed by atoms with Gasteiger partial charge in [-0.2, -0.15) is 5.10 Å². The zero-order valence-corrected chi connectivity index (χ0v) is 16.5. The first kappa shape index (κ1) is 19.0. The summed E-state index contributed by atoms with van der Waals surface area (Å²) >= 11 is 0. The lowest BCUT2D eigenvalue weighted by atomic mass is 9.90. The van der Waals surface area contributed by atoms with Gasteiger partial charge in [-0.15, -0.1) is 0 Å². The summed E-state index contributed by atoms with van der Waals surface area (Å²) in [6, 6.07) is 6.46. The molecule has 0 aliphatic carbocycles. The number of benzene rings is 1. The highest BCUT2D eigenvalue weighted by Crippen LogP contribution is 2.34. The predicted octanol–water partition coefficient (Wildman–Crippen LogP) is 3.09. The molecule has 8 heteroatoms. The molecule has 1 amide bonds.